The minimum atomic E-state index is -0.440. The molecule has 0 bridgehead atoms. The summed E-state index contributed by atoms with van der Waals surface area (Å²) in [6, 6.07) is 8.58. The van der Waals surface area contributed by atoms with Crippen LogP contribution >= 0.6 is 15.9 Å². The van der Waals surface area contributed by atoms with Crippen molar-refractivity contribution < 1.29 is 18.8 Å². The van der Waals surface area contributed by atoms with Gasteiger partial charge in [0.05, 0.1) is 19.4 Å². The Balaban J connectivity index is 1.79. The molecular formula is C17H18BrN3O4. The third kappa shape index (κ3) is 5.46. The smallest absolute Gasteiger partial charge is 0.289 e. The Morgan fingerprint density at radius 1 is 1.20 bits per heavy atom. The average molecular weight is 408 g/mol. The number of rotatable bonds is 6. The topological polar surface area (TPSA) is 91.7 Å². The third-order valence-corrected chi connectivity index (χ3v) is 3.86. The molecule has 0 saturated carbocycles. The molecule has 1 aromatic carbocycles. The molecule has 0 aliphatic carbocycles. The zero-order valence-corrected chi connectivity index (χ0v) is 15.4. The van der Waals surface area contributed by atoms with Crippen LogP contribution in [0.15, 0.2) is 45.5 Å². The van der Waals surface area contributed by atoms with E-state index in [0.29, 0.717) is 5.69 Å². The molecule has 0 aliphatic heterocycles. The lowest BCUT2D eigenvalue weighted by atomic mass is 10.2. The van der Waals surface area contributed by atoms with E-state index in [2.05, 4.69) is 26.6 Å². The third-order valence-electron chi connectivity index (χ3n) is 3.37. The Hall–Kier alpha value is -2.61. The number of hydrogen-bond donors (Lipinski definition) is 2. The molecule has 0 radical (unpaired) electrons. The van der Waals surface area contributed by atoms with Gasteiger partial charge in [-0.3, -0.25) is 14.4 Å². The molecule has 1 aromatic heterocycles. The molecule has 25 heavy (non-hydrogen) atoms. The van der Waals surface area contributed by atoms with E-state index < -0.39 is 11.8 Å². The Morgan fingerprint density at radius 3 is 2.60 bits per heavy atom. The maximum atomic E-state index is 12.0. The second-order valence-corrected chi connectivity index (χ2v) is 6.34. The second kappa shape index (κ2) is 8.48. The highest BCUT2D eigenvalue weighted by molar-refractivity contribution is 9.10. The summed E-state index contributed by atoms with van der Waals surface area (Å²) in [5.41, 5.74) is 1.57. The minimum absolute atomic E-state index is 0.152. The summed E-state index contributed by atoms with van der Waals surface area (Å²) >= 11 is 3.35. The molecular weight excluding hydrogens is 390 g/mol. The number of benzene rings is 1. The van der Waals surface area contributed by atoms with Gasteiger partial charge < -0.3 is 20.0 Å². The molecule has 0 saturated heterocycles. The highest BCUT2D eigenvalue weighted by Gasteiger charge is 2.17. The normalized spacial score (nSPS) is 10.2. The number of carbonyl (C=O) groups is 3. The van der Waals surface area contributed by atoms with Crippen LogP contribution in [-0.4, -0.2) is 42.8 Å². The van der Waals surface area contributed by atoms with Crippen LogP contribution in [0.2, 0.25) is 0 Å². The van der Waals surface area contributed by atoms with Crippen molar-refractivity contribution >= 4 is 39.3 Å². The van der Waals surface area contributed by atoms with Gasteiger partial charge in [-0.2, -0.15) is 0 Å². The van der Waals surface area contributed by atoms with Gasteiger partial charge >= 0.3 is 0 Å². The Morgan fingerprint density at radius 2 is 1.96 bits per heavy atom. The molecule has 2 N–H and O–H groups in total. The van der Waals surface area contributed by atoms with Gasteiger partial charge in [-0.1, -0.05) is 15.9 Å². The molecule has 8 heteroatoms. The van der Waals surface area contributed by atoms with Crippen molar-refractivity contribution in [2.75, 3.05) is 25.5 Å². The summed E-state index contributed by atoms with van der Waals surface area (Å²) in [6.45, 7) is 1.51. The zero-order valence-electron chi connectivity index (χ0n) is 13.8. The van der Waals surface area contributed by atoms with E-state index in [1.807, 2.05) is 19.1 Å². The van der Waals surface area contributed by atoms with Crippen molar-refractivity contribution in [1.82, 2.24) is 10.2 Å². The predicted molar refractivity (Wildman–Crippen MR) is 96.2 cm³/mol. The Bertz CT molecular complexity index is 774. The van der Waals surface area contributed by atoms with Gasteiger partial charge in [0, 0.05) is 17.2 Å². The Kier molecular flexibility index (Phi) is 6.35. The second-order valence-electron chi connectivity index (χ2n) is 5.42. The standard InChI is InChI=1S/C17H18BrN3O4/c1-11-8-12(18)5-6-13(11)20-15(22)9-19-16(23)10-21(2)17(24)14-4-3-7-25-14/h3-8H,9-10H2,1-2H3,(H,19,23)(H,20,22). The first kappa shape index (κ1) is 18.7. The summed E-state index contributed by atoms with van der Waals surface area (Å²) in [5.74, 6) is -1.04. The number of likely N-dealkylation sites (N-methyl/N-ethyl adjacent to an activating group) is 1. The van der Waals surface area contributed by atoms with E-state index in [1.54, 1.807) is 12.1 Å². The lowest BCUT2D eigenvalue weighted by molar-refractivity contribution is -0.124. The molecule has 0 aliphatic rings. The van der Waals surface area contributed by atoms with Gasteiger partial charge in [-0.15, -0.1) is 0 Å². The van der Waals surface area contributed by atoms with E-state index >= 15 is 0 Å². The number of nitrogens with one attached hydrogen (secondary N) is 2. The monoisotopic (exact) mass is 407 g/mol. The van der Waals surface area contributed by atoms with E-state index in [1.165, 1.54) is 24.3 Å². The van der Waals surface area contributed by atoms with Crippen molar-refractivity contribution in [3.05, 3.63) is 52.4 Å². The fourth-order valence-electron chi connectivity index (χ4n) is 2.07. The van der Waals surface area contributed by atoms with Crippen molar-refractivity contribution in [3.63, 3.8) is 0 Å². The Labute approximate surface area is 153 Å². The van der Waals surface area contributed by atoms with E-state index in [-0.39, 0.29) is 24.8 Å². The fourth-order valence-corrected chi connectivity index (χ4v) is 2.55. The predicted octanol–water partition coefficient (Wildman–Crippen LogP) is 2.18. The number of hydrogen-bond acceptors (Lipinski definition) is 4. The number of aryl methyl sites for hydroxylation is 1. The molecule has 0 atom stereocenters. The van der Waals surface area contributed by atoms with Gasteiger partial charge in [-0.25, -0.2) is 0 Å². The van der Waals surface area contributed by atoms with Crippen LogP contribution in [0.4, 0.5) is 5.69 Å². The maximum Gasteiger partial charge on any atom is 0.289 e. The zero-order chi connectivity index (χ0) is 18.4. The molecule has 2 rings (SSSR count). The fraction of sp³-hybridized carbons (Fsp3) is 0.235. The van der Waals surface area contributed by atoms with Crippen molar-refractivity contribution in [2.45, 2.75) is 6.92 Å². The minimum Gasteiger partial charge on any atom is -0.459 e. The quantitative estimate of drug-likeness (QED) is 0.767. The van der Waals surface area contributed by atoms with Gasteiger partial charge in [0.2, 0.25) is 11.8 Å². The number of carbonyl (C=O) groups excluding carboxylic acids is 3. The number of amides is 3. The molecule has 0 unspecified atom stereocenters. The molecule has 132 valence electrons. The van der Waals surface area contributed by atoms with Crippen LogP contribution in [0.1, 0.15) is 16.1 Å². The van der Waals surface area contributed by atoms with Crippen LogP contribution in [-0.2, 0) is 9.59 Å². The molecule has 0 fully saturated rings. The summed E-state index contributed by atoms with van der Waals surface area (Å²) in [6.07, 6.45) is 1.38. The van der Waals surface area contributed by atoms with E-state index in [4.69, 9.17) is 4.42 Å². The summed E-state index contributed by atoms with van der Waals surface area (Å²) in [7, 11) is 1.48. The first-order chi connectivity index (χ1) is 11.9. The average Bonchev–Trinajstić information content (AvgIpc) is 3.09. The van der Waals surface area contributed by atoms with Crippen LogP contribution < -0.4 is 10.6 Å². The summed E-state index contributed by atoms with van der Waals surface area (Å²) in [4.78, 5) is 37.0. The van der Waals surface area contributed by atoms with Crippen LogP contribution in [0.3, 0.4) is 0 Å². The van der Waals surface area contributed by atoms with Crippen molar-refractivity contribution in [3.8, 4) is 0 Å². The van der Waals surface area contributed by atoms with Crippen molar-refractivity contribution in [1.29, 1.82) is 0 Å². The SMILES string of the molecule is Cc1cc(Br)ccc1NC(=O)CNC(=O)CN(C)C(=O)c1ccco1. The lowest BCUT2D eigenvalue weighted by Gasteiger charge is -2.15. The van der Waals surface area contributed by atoms with Crippen LogP contribution in [0, 0.1) is 6.92 Å². The van der Waals surface area contributed by atoms with Gasteiger partial charge in [0.25, 0.3) is 5.91 Å². The molecule has 1 heterocycles. The van der Waals surface area contributed by atoms with Gasteiger partial charge in [-0.05, 0) is 42.8 Å². The van der Waals surface area contributed by atoms with Gasteiger partial charge in [0.1, 0.15) is 0 Å². The van der Waals surface area contributed by atoms with Crippen molar-refractivity contribution in [2.24, 2.45) is 0 Å². The highest BCUT2D eigenvalue weighted by atomic mass is 79.9. The largest absolute Gasteiger partial charge is 0.459 e. The van der Waals surface area contributed by atoms with E-state index in [9.17, 15) is 14.4 Å². The molecule has 2 aromatic rings. The highest BCUT2D eigenvalue weighted by Crippen LogP contribution is 2.19. The van der Waals surface area contributed by atoms with E-state index in [0.717, 1.165) is 10.0 Å². The lowest BCUT2D eigenvalue weighted by Crippen LogP contribution is -2.41. The first-order valence-electron chi connectivity index (χ1n) is 7.48. The number of anilines is 1. The van der Waals surface area contributed by atoms with Crippen LogP contribution in [0.25, 0.3) is 0 Å². The number of halogens is 1. The van der Waals surface area contributed by atoms with Gasteiger partial charge in [0.15, 0.2) is 5.76 Å². The summed E-state index contributed by atoms with van der Waals surface area (Å²) < 4.78 is 5.91. The molecule has 3 amide bonds. The molecule has 7 nitrogen and oxygen atoms in total. The number of nitrogens with zero attached hydrogens (tertiary/aromatic N) is 1. The first-order valence-corrected chi connectivity index (χ1v) is 8.28. The van der Waals surface area contributed by atoms with Crippen LogP contribution in [0.5, 0.6) is 0 Å². The molecule has 0 spiro atoms. The summed E-state index contributed by atoms with van der Waals surface area (Å²) in [5, 5.41) is 5.20. The number of furan rings is 1. The maximum absolute atomic E-state index is 12.0.